The van der Waals surface area contributed by atoms with Gasteiger partial charge in [-0.1, -0.05) is 18.2 Å². The highest BCUT2D eigenvalue weighted by Crippen LogP contribution is 2.34. The number of nitrogens with one attached hydrogen (secondary N) is 1. The Morgan fingerprint density at radius 2 is 1.65 bits per heavy atom. The molecule has 166 valence electrons. The average Bonchev–Trinajstić information content (AvgIpc) is 3.09. The second-order valence-electron chi connectivity index (χ2n) is 7.34. The van der Waals surface area contributed by atoms with Crippen LogP contribution in [0.4, 0.5) is 10.7 Å². The lowest BCUT2D eigenvalue weighted by Crippen LogP contribution is -2.48. The van der Waals surface area contributed by atoms with Crippen molar-refractivity contribution in [3.63, 3.8) is 0 Å². The van der Waals surface area contributed by atoms with Gasteiger partial charge in [0.05, 0.1) is 26.3 Å². The van der Waals surface area contributed by atoms with Gasteiger partial charge in [-0.3, -0.25) is 9.69 Å². The first-order valence-corrected chi connectivity index (χ1v) is 10.8. The Morgan fingerprint density at radius 3 is 2.26 bits per heavy atom. The standard InChI is InChI=1S/C22H27N3O5S/c1-14-7-5-6-8-16(14)25-11-9-24(10-12-25)13-17(26)23-20-18(21(27)29-3)15(2)19(31-20)22(28)30-4/h5-8H,9-13H2,1-4H3,(H,23,26). The number of hydrogen-bond donors (Lipinski definition) is 1. The lowest BCUT2D eigenvalue weighted by molar-refractivity contribution is -0.117. The Bertz CT molecular complexity index is 980. The first kappa shape index (κ1) is 22.8. The lowest BCUT2D eigenvalue weighted by Gasteiger charge is -2.36. The summed E-state index contributed by atoms with van der Waals surface area (Å²) in [6, 6.07) is 8.27. The molecule has 8 nitrogen and oxygen atoms in total. The number of hydrogen-bond acceptors (Lipinski definition) is 8. The van der Waals surface area contributed by atoms with Crippen molar-refractivity contribution >= 4 is 39.9 Å². The van der Waals surface area contributed by atoms with Crippen LogP contribution in [-0.4, -0.2) is 69.7 Å². The molecular weight excluding hydrogens is 418 g/mol. The highest BCUT2D eigenvalue weighted by molar-refractivity contribution is 7.18. The van der Waals surface area contributed by atoms with Crippen molar-refractivity contribution < 1.29 is 23.9 Å². The molecule has 1 amide bonds. The minimum Gasteiger partial charge on any atom is -0.465 e. The maximum atomic E-state index is 12.7. The van der Waals surface area contributed by atoms with Gasteiger partial charge in [-0.05, 0) is 31.0 Å². The molecule has 1 aromatic heterocycles. The molecule has 1 aliphatic heterocycles. The Kier molecular flexibility index (Phi) is 7.29. The summed E-state index contributed by atoms with van der Waals surface area (Å²) in [5.74, 6) is -1.40. The van der Waals surface area contributed by atoms with Crippen LogP contribution in [0, 0.1) is 13.8 Å². The third-order valence-corrected chi connectivity index (χ3v) is 6.54. The van der Waals surface area contributed by atoms with Crippen LogP contribution in [0.1, 0.15) is 31.2 Å². The number of aryl methyl sites for hydroxylation is 1. The molecule has 2 heterocycles. The van der Waals surface area contributed by atoms with Gasteiger partial charge in [-0.15, -0.1) is 11.3 Å². The molecule has 0 aliphatic carbocycles. The molecule has 3 rings (SSSR count). The fourth-order valence-corrected chi connectivity index (χ4v) is 4.80. The van der Waals surface area contributed by atoms with Crippen LogP contribution >= 0.6 is 11.3 Å². The fourth-order valence-electron chi connectivity index (χ4n) is 3.67. The van der Waals surface area contributed by atoms with E-state index in [-0.39, 0.29) is 22.9 Å². The number of methoxy groups -OCH3 is 2. The summed E-state index contributed by atoms with van der Waals surface area (Å²) in [5.41, 5.74) is 3.08. The Hall–Kier alpha value is -2.91. The molecule has 0 radical (unpaired) electrons. The number of ether oxygens (including phenoxy) is 2. The molecule has 1 fully saturated rings. The smallest absolute Gasteiger partial charge is 0.348 e. The van der Waals surface area contributed by atoms with Crippen molar-refractivity contribution in [2.45, 2.75) is 13.8 Å². The number of amides is 1. The van der Waals surface area contributed by atoms with Crippen molar-refractivity contribution in [2.75, 3.05) is 57.2 Å². The predicted molar refractivity (Wildman–Crippen MR) is 120 cm³/mol. The highest BCUT2D eigenvalue weighted by Gasteiger charge is 2.27. The SMILES string of the molecule is COC(=O)c1sc(NC(=O)CN2CCN(c3ccccc3C)CC2)c(C(=O)OC)c1C. The fraction of sp³-hybridized carbons (Fsp3) is 0.409. The summed E-state index contributed by atoms with van der Waals surface area (Å²) in [7, 11) is 2.53. The van der Waals surface area contributed by atoms with E-state index in [0.717, 1.165) is 37.5 Å². The third-order valence-electron chi connectivity index (χ3n) is 5.36. The number of para-hydroxylation sites is 1. The van der Waals surface area contributed by atoms with Gasteiger partial charge in [0.1, 0.15) is 9.88 Å². The van der Waals surface area contributed by atoms with E-state index >= 15 is 0 Å². The van der Waals surface area contributed by atoms with Crippen molar-refractivity contribution in [1.82, 2.24) is 4.90 Å². The van der Waals surface area contributed by atoms with E-state index in [4.69, 9.17) is 9.47 Å². The van der Waals surface area contributed by atoms with Crippen LogP contribution in [-0.2, 0) is 14.3 Å². The number of carbonyl (C=O) groups is 3. The van der Waals surface area contributed by atoms with Crippen LogP contribution in [0.3, 0.4) is 0 Å². The molecule has 0 unspecified atom stereocenters. The number of anilines is 2. The molecule has 0 atom stereocenters. The Labute approximate surface area is 185 Å². The van der Waals surface area contributed by atoms with Crippen molar-refractivity contribution in [3.05, 3.63) is 45.8 Å². The molecule has 31 heavy (non-hydrogen) atoms. The van der Waals surface area contributed by atoms with Crippen LogP contribution in [0.5, 0.6) is 0 Å². The summed E-state index contributed by atoms with van der Waals surface area (Å²) in [5, 5.41) is 3.08. The van der Waals surface area contributed by atoms with Gasteiger partial charge in [0.25, 0.3) is 0 Å². The molecule has 1 aromatic carbocycles. The lowest BCUT2D eigenvalue weighted by atomic mass is 10.1. The molecule has 0 bridgehead atoms. The van der Waals surface area contributed by atoms with E-state index in [2.05, 4.69) is 34.2 Å². The molecular formula is C22H27N3O5S. The van der Waals surface area contributed by atoms with E-state index in [1.54, 1.807) is 6.92 Å². The number of rotatable bonds is 6. The maximum Gasteiger partial charge on any atom is 0.348 e. The van der Waals surface area contributed by atoms with Crippen LogP contribution in [0.25, 0.3) is 0 Å². The number of thiophene rings is 1. The van der Waals surface area contributed by atoms with E-state index in [1.165, 1.54) is 25.5 Å². The van der Waals surface area contributed by atoms with Crippen molar-refractivity contribution in [1.29, 1.82) is 0 Å². The van der Waals surface area contributed by atoms with Crippen LogP contribution < -0.4 is 10.2 Å². The summed E-state index contributed by atoms with van der Waals surface area (Å²) < 4.78 is 9.60. The Morgan fingerprint density at radius 1 is 1.00 bits per heavy atom. The van der Waals surface area contributed by atoms with Gasteiger partial charge in [0, 0.05) is 31.9 Å². The van der Waals surface area contributed by atoms with Gasteiger partial charge in [0.15, 0.2) is 0 Å². The second kappa shape index (κ2) is 9.93. The molecule has 1 N–H and O–H groups in total. The normalized spacial score (nSPS) is 14.3. The number of nitrogens with zero attached hydrogens (tertiary/aromatic N) is 2. The van der Waals surface area contributed by atoms with Gasteiger partial charge in [-0.25, -0.2) is 9.59 Å². The van der Waals surface area contributed by atoms with Gasteiger partial charge >= 0.3 is 11.9 Å². The van der Waals surface area contributed by atoms with Crippen LogP contribution in [0.2, 0.25) is 0 Å². The quantitative estimate of drug-likeness (QED) is 0.684. The number of piperazine rings is 1. The van der Waals surface area contributed by atoms with E-state index in [1.807, 2.05) is 12.1 Å². The van der Waals surface area contributed by atoms with E-state index < -0.39 is 11.9 Å². The van der Waals surface area contributed by atoms with E-state index in [9.17, 15) is 14.4 Å². The van der Waals surface area contributed by atoms with Gasteiger partial charge in [-0.2, -0.15) is 0 Å². The predicted octanol–water partition coefficient (Wildman–Crippen LogP) is 2.70. The zero-order chi connectivity index (χ0) is 22.5. The largest absolute Gasteiger partial charge is 0.465 e. The molecule has 1 saturated heterocycles. The average molecular weight is 446 g/mol. The monoisotopic (exact) mass is 445 g/mol. The zero-order valence-electron chi connectivity index (χ0n) is 18.2. The molecule has 9 heteroatoms. The first-order valence-electron chi connectivity index (χ1n) is 9.98. The molecule has 0 spiro atoms. The Balaban J connectivity index is 1.64. The van der Waals surface area contributed by atoms with Crippen LogP contribution in [0.15, 0.2) is 24.3 Å². The number of esters is 2. The number of carbonyl (C=O) groups excluding carboxylic acids is 3. The van der Waals surface area contributed by atoms with Crippen molar-refractivity contribution in [3.8, 4) is 0 Å². The zero-order valence-corrected chi connectivity index (χ0v) is 19.0. The first-order chi connectivity index (χ1) is 14.8. The molecule has 1 aliphatic rings. The second-order valence-corrected chi connectivity index (χ2v) is 8.36. The number of benzene rings is 1. The summed E-state index contributed by atoms with van der Waals surface area (Å²) >= 11 is 1.02. The highest BCUT2D eigenvalue weighted by atomic mass is 32.1. The van der Waals surface area contributed by atoms with Gasteiger partial charge < -0.3 is 19.7 Å². The third kappa shape index (κ3) is 5.05. The topological polar surface area (TPSA) is 88.2 Å². The molecule has 2 aromatic rings. The summed E-state index contributed by atoms with van der Waals surface area (Å²) in [4.78, 5) is 41.6. The molecule has 0 saturated carbocycles. The summed E-state index contributed by atoms with van der Waals surface area (Å²) in [6.45, 7) is 7.10. The van der Waals surface area contributed by atoms with Crippen molar-refractivity contribution in [2.24, 2.45) is 0 Å². The maximum absolute atomic E-state index is 12.7. The summed E-state index contributed by atoms with van der Waals surface area (Å²) in [6.07, 6.45) is 0. The van der Waals surface area contributed by atoms with Gasteiger partial charge in [0.2, 0.25) is 5.91 Å². The minimum atomic E-state index is -0.606. The minimum absolute atomic E-state index is 0.186. The van der Waals surface area contributed by atoms with E-state index in [0.29, 0.717) is 10.6 Å².